The maximum Gasteiger partial charge on any atom is 0.315 e. The highest BCUT2D eigenvalue weighted by molar-refractivity contribution is 5.87. The van der Waals surface area contributed by atoms with Crippen LogP contribution in [0.25, 0.3) is 0 Å². The molecule has 2 amide bonds. The molecule has 0 saturated heterocycles. The van der Waals surface area contributed by atoms with Crippen LogP contribution in [0, 0.1) is 0 Å². The average Bonchev–Trinajstić information content (AvgIpc) is 2.43. The molecule has 1 saturated carbocycles. The van der Waals surface area contributed by atoms with Crippen molar-refractivity contribution in [2.45, 2.75) is 51.0 Å². The van der Waals surface area contributed by atoms with Gasteiger partial charge in [0, 0.05) is 12.5 Å². The number of ether oxygens (including phenoxy) is 1. The SMILES string of the molecule is COC(=O)CCC(=O)CNC(=O)NC1CCCCC1. The van der Waals surface area contributed by atoms with Crippen molar-refractivity contribution >= 4 is 17.8 Å². The van der Waals surface area contributed by atoms with Crippen LogP contribution in [-0.4, -0.2) is 37.5 Å². The standard InChI is InChI=1S/C13H22N2O4/c1-19-12(17)8-7-11(16)9-14-13(18)15-10-5-3-2-4-6-10/h10H,2-9H2,1H3,(H2,14,15,18). The van der Waals surface area contributed by atoms with E-state index in [1.54, 1.807) is 0 Å². The third-order valence-electron chi connectivity index (χ3n) is 3.22. The molecule has 0 unspecified atom stereocenters. The Bertz CT molecular complexity index is 325. The Morgan fingerprint density at radius 2 is 1.79 bits per heavy atom. The van der Waals surface area contributed by atoms with E-state index in [2.05, 4.69) is 15.4 Å². The molecular weight excluding hydrogens is 248 g/mol. The highest BCUT2D eigenvalue weighted by Crippen LogP contribution is 2.16. The van der Waals surface area contributed by atoms with E-state index in [0.29, 0.717) is 0 Å². The second-order valence-corrected chi connectivity index (χ2v) is 4.78. The Balaban J connectivity index is 2.11. The predicted molar refractivity (Wildman–Crippen MR) is 69.7 cm³/mol. The van der Waals surface area contributed by atoms with Gasteiger partial charge in [-0.25, -0.2) is 4.79 Å². The van der Waals surface area contributed by atoms with Crippen molar-refractivity contribution in [2.24, 2.45) is 0 Å². The lowest BCUT2D eigenvalue weighted by molar-refractivity contribution is -0.141. The summed E-state index contributed by atoms with van der Waals surface area (Å²) < 4.78 is 4.44. The largest absolute Gasteiger partial charge is 0.469 e. The van der Waals surface area contributed by atoms with Gasteiger partial charge in [0.25, 0.3) is 0 Å². The molecule has 0 radical (unpaired) electrons. The number of carbonyl (C=O) groups excluding carboxylic acids is 3. The molecule has 0 atom stereocenters. The van der Waals surface area contributed by atoms with Gasteiger partial charge in [0.05, 0.1) is 20.1 Å². The van der Waals surface area contributed by atoms with E-state index >= 15 is 0 Å². The Labute approximate surface area is 113 Å². The zero-order valence-electron chi connectivity index (χ0n) is 11.4. The Kier molecular flexibility index (Phi) is 6.92. The summed E-state index contributed by atoms with van der Waals surface area (Å²) in [6, 6.07) is -0.0859. The maximum absolute atomic E-state index is 11.5. The molecule has 108 valence electrons. The van der Waals surface area contributed by atoms with Gasteiger partial charge in [-0.3, -0.25) is 9.59 Å². The monoisotopic (exact) mass is 270 g/mol. The zero-order valence-corrected chi connectivity index (χ0v) is 11.4. The topological polar surface area (TPSA) is 84.5 Å². The summed E-state index contributed by atoms with van der Waals surface area (Å²) in [6.45, 7) is -0.0461. The normalized spacial score (nSPS) is 15.6. The van der Waals surface area contributed by atoms with Crippen LogP contribution >= 0.6 is 0 Å². The van der Waals surface area contributed by atoms with Gasteiger partial charge in [0.1, 0.15) is 0 Å². The molecule has 0 spiro atoms. The third-order valence-corrected chi connectivity index (χ3v) is 3.22. The fourth-order valence-electron chi connectivity index (χ4n) is 2.09. The lowest BCUT2D eigenvalue weighted by Crippen LogP contribution is -2.44. The van der Waals surface area contributed by atoms with Crippen molar-refractivity contribution in [1.82, 2.24) is 10.6 Å². The zero-order chi connectivity index (χ0) is 14.1. The highest BCUT2D eigenvalue weighted by atomic mass is 16.5. The lowest BCUT2D eigenvalue weighted by atomic mass is 9.96. The number of carbonyl (C=O) groups is 3. The molecule has 6 nitrogen and oxygen atoms in total. The van der Waals surface area contributed by atoms with Crippen molar-refractivity contribution < 1.29 is 19.1 Å². The van der Waals surface area contributed by atoms with Crippen LogP contribution in [0.3, 0.4) is 0 Å². The Hall–Kier alpha value is -1.59. The van der Waals surface area contributed by atoms with Gasteiger partial charge in [-0.05, 0) is 12.8 Å². The molecule has 0 aromatic carbocycles. The molecule has 6 heteroatoms. The number of ketones is 1. The van der Waals surface area contributed by atoms with Gasteiger partial charge in [-0.15, -0.1) is 0 Å². The van der Waals surface area contributed by atoms with Crippen molar-refractivity contribution in [1.29, 1.82) is 0 Å². The van der Waals surface area contributed by atoms with Crippen molar-refractivity contribution in [2.75, 3.05) is 13.7 Å². The molecule has 0 bridgehead atoms. The minimum atomic E-state index is -0.417. The molecular formula is C13H22N2O4. The molecule has 0 heterocycles. The minimum absolute atomic E-state index is 0.0461. The van der Waals surface area contributed by atoms with Gasteiger partial charge in [-0.1, -0.05) is 19.3 Å². The average molecular weight is 270 g/mol. The number of amides is 2. The summed E-state index contributed by atoms with van der Waals surface area (Å²) in [5.41, 5.74) is 0. The molecule has 1 fully saturated rings. The minimum Gasteiger partial charge on any atom is -0.469 e. The molecule has 0 aromatic rings. The van der Waals surface area contributed by atoms with E-state index in [1.807, 2.05) is 0 Å². The number of hydrogen-bond donors (Lipinski definition) is 2. The molecule has 0 aliphatic heterocycles. The van der Waals surface area contributed by atoms with Crippen LogP contribution in [0.5, 0.6) is 0 Å². The van der Waals surface area contributed by atoms with Crippen LogP contribution < -0.4 is 10.6 Å². The van der Waals surface area contributed by atoms with Crippen molar-refractivity contribution in [3.63, 3.8) is 0 Å². The quantitative estimate of drug-likeness (QED) is 0.709. The van der Waals surface area contributed by atoms with Gasteiger partial charge in [0.15, 0.2) is 5.78 Å². The summed E-state index contributed by atoms with van der Waals surface area (Å²) in [7, 11) is 1.28. The van der Waals surface area contributed by atoms with E-state index in [1.165, 1.54) is 13.5 Å². The van der Waals surface area contributed by atoms with Crippen LogP contribution in [-0.2, 0) is 14.3 Å². The number of esters is 1. The first-order valence-corrected chi connectivity index (χ1v) is 6.74. The van der Waals surface area contributed by atoms with Gasteiger partial charge in [-0.2, -0.15) is 0 Å². The molecule has 0 aromatic heterocycles. The number of hydrogen-bond acceptors (Lipinski definition) is 4. The molecule has 1 aliphatic rings. The van der Waals surface area contributed by atoms with Crippen molar-refractivity contribution in [3.8, 4) is 0 Å². The fraction of sp³-hybridized carbons (Fsp3) is 0.769. The van der Waals surface area contributed by atoms with E-state index in [0.717, 1.165) is 25.7 Å². The van der Waals surface area contributed by atoms with E-state index in [9.17, 15) is 14.4 Å². The highest BCUT2D eigenvalue weighted by Gasteiger charge is 2.16. The number of urea groups is 1. The smallest absolute Gasteiger partial charge is 0.315 e. The van der Waals surface area contributed by atoms with Crippen molar-refractivity contribution in [3.05, 3.63) is 0 Å². The Morgan fingerprint density at radius 1 is 1.11 bits per heavy atom. The van der Waals surface area contributed by atoms with Crippen LogP contribution in [0.15, 0.2) is 0 Å². The second kappa shape index (κ2) is 8.50. The molecule has 1 aliphatic carbocycles. The molecule has 19 heavy (non-hydrogen) atoms. The predicted octanol–water partition coefficient (Wildman–Crippen LogP) is 1.14. The maximum atomic E-state index is 11.5. The number of methoxy groups -OCH3 is 1. The van der Waals surface area contributed by atoms with Crippen LogP contribution in [0.2, 0.25) is 0 Å². The molecule has 1 rings (SSSR count). The van der Waals surface area contributed by atoms with Crippen LogP contribution in [0.4, 0.5) is 4.79 Å². The number of Topliss-reactive ketones (excluding diaryl/α,β-unsaturated/α-hetero) is 1. The van der Waals surface area contributed by atoms with E-state index in [4.69, 9.17) is 0 Å². The van der Waals surface area contributed by atoms with Gasteiger partial charge in [0.2, 0.25) is 0 Å². The fourth-order valence-corrected chi connectivity index (χ4v) is 2.09. The Morgan fingerprint density at radius 3 is 2.42 bits per heavy atom. The first-order chi connectivity index (χ1) is 9.11. The first-order valence-electron chi connectivity index (χ1n) is 6.74. The van der Waals surface area contributed by atoms with Gasteiger partial charge >= 0.3 is 12.0 Å². The first kappa shape index (κ1) is 15.5. The second-order valence-electron chi connectivity index (χ2n) is 4.78. The van der Waals surface area contributed by atoms with Crippen LogP contribution in [0.1, 0.15) is 44.9 Å². The lowest BCUT2D eigenvalue weighted by Gasteiger charge is -2.22. The summed E-state index contributed by atoms with van der Waals surface area (Å²) >= 11 is 0. The molecule has 2 N–H and O–H groups in total. The summed E-state index contributed by atoms with van der Waals surface area (Å²) in [6.07, 6.45) is 5.67. The summed E-state index contributed by atoms with van der Waals surface area (Å²) in [5, 5.41) is 5.38. The van der Waals surface area contributed by atoms with E-state index < -0.39 is 5.97 Å². The summed E-state index contributed by atoms with van der Waals surface area (Å²) in [4.78, 5) is 33.8. The number of rotatable bonds is 6. The van der Waals surface area contributed by atoms with Gasteiger partial charge < -0.3 is 15.4 Å². The number of nitrogens with one attached hydrogen (secondary N) is 2. The van der Waals surface area contributed by atoms with E-state index in [-0.39, 0.29) is 37.2 Å². The summed E-state index contributed by atoms with van der Waals surface area (Å²) in [5.74, 6) is -0.593. The third kappa shape index (κ3) is 6.79.